The van der Waals surface area contributed by atoms with Crippen LogP contribution >= 0.6 is 11.3 Å². The molecule has 0 spiro atoms. The van der Waals surface area contributed by atoms with E-state index in [1.54, 1.807) is 6.07 Å². The van der Waals surface area contributed by atoms with Crippen LogP contribution in [0.5, 0.6) is 0 Å². The van der Waals surface area contributed by atoms with E-state index in [4.69, 9.17) is 0 Å². The summed E-state index contributed by atoms with van der Waals surface area (Å²) >= 11 is 0.667. The molecular formula is C29H30F3N5O2S. The van der Waals surface area contributed by atoms with Gasteiger partial charge in [-0.2, -0.15) is 0 Å². The molecule has 0 saturated carbocycles. The fraction of sp³-hybridized carbons (Fsp3) is 0.276. The lowest BCUT2D eigenvalue weighted by Crippen LogP contribution is -2.37. The van der Waals surface area contributed by atoms with Gasteiger partial charge in [-0.25, -0.2) is 18.2 Å². The first kappa shape index (κ1) is 29.0. The van der Waals surface area contributed by atoms with Crippen molar-refractivity contribution in [3.8, 4) is 5.69 Å². The average Bonchev–Trinajstić information content (AvgIpc) is 3.53. The predicted molar refractivity (Wildman–Crippen MR) is 153 cm³/mol. The molecule has 2 heterocycles. The number of rotatable bonds is 9. The molecule has 0 aliphatic carbocycles. The maximum absolute atomic E-state index is 15.2. The SMILES string of the molecule is C=CC(=O)Nc1ccc(F)c(-n2c(NC(=O)c3ccc(C(F)F)s3)nc3cc(CN[C@@H](C)C(C)(C)C)ccc32)c1. The van der Waals surface area contributed by atoms with E-state index in [0.717, 1.165) is 11.6 Å². The van der Waals surface area contributed by atoms with Gasteiger partial charge in [0.1, 0.15) is 5.82 Å². The molecule has 7 nitrogen and oxygen atoms in total. The molecule has 210 valence electrons. The van der Waals surface area contributed by atoms with Crippen LogP contribution in [0.3, 0.4) is 0 Å². The Morgan fingerprint density at radius 1 is 1.10 bits per heavy atom. The molecule has 0 radical (unpaired) electrons. The van der Waals surface area contributed by atoms with E-state index < -0.39 is 24.1 Å². The van der Waals surface area contributed by atoms with Crippen molar-refractivity contribution >= 4 is 45.8 Å². The van der Waals surface area contributed by atoms with Crippen LogP contribution < -0.4 is 16.0 Å². The Balaban J connectivity index is 1.77. The zero-order chi connectivity index (χ0) is 29.2. The second-order valence-corrected chi connectivity index (χ2v) is 11.5. The van der Waals surface area contributed by atoms with E-state index in [-0.39, 0.29) is 32.8 Å². The Hall–Kier alpha value is -3.96. The third-order valence-corrected chi connectivity index (χ3v) is 7.65. The number of nitrogens with one attached hydrogen (secondary N) is 3. The summed E-state index contributed by atoms with van der Waals surface area (Å²) in [6.45, 7) is 12.5. The van der Waals surface area contributed by atoms with Gasteiger partial charge in [0.25, 0.3) is 12.3 Å². The summed E-state index contributed by atoms with van der Waals surface area (Å²) in [6.07, 6.45) is -1.61. The van der Waals surface area contributed by atoms with Crippen molar-refractivity contribution in [3.05, 3.63) is 82.3 Å². The van der Waals surface area contributed by atoms with Crippen molar-refractivity contribution in [1.29, 1.82) is 0 Å². The van der Waals surface area contributed by atoms with E-state index in [1.165, 1.54) is 34.9 Å². The summed E-state index contributed by atoms with van der Waals surface area (Å²) in [6, 6.07) is 12.2. The number of imidazole rings is 1. The first-order chi connectivity index (χ1) is 18.9. The van der Waals surface area contributed by atoms with Gasteiger partial charge >= 0.3 is 0 Å². The standard InChI is InChI=1S/C29H30F3N5O2S/c1-6-25(38)34-18-8-9-19(30)22(14-18)37-21-10-7-17(15-33-16(2)29(3,4)5)13-20(21)35-28(37)36-27(39)24-12-11-23(40-24)26(31)32/h6-14,16,26,33H,1,15H2,2-5H3,(H,34,38)(H,35,36,39)/t16-/m0/s1. The smallest absolute Gasteiger partial charge is 0.272 e. The van der Waals surface area contributed by atoms with Crippen LogP contribution in [0.2, 0.25) is 0 Å². The molecule has 0 unspecified atom stereocenters. The number of nitrogens with zero attached hydrogens (tertiary/aromatic N) is 2. The topological polar surface area (TPSA) is 88.1 Å². The van der Waals surface area contributed by atoms with Gasteiger partial charge in [0.2, 0.25) is 11.9 Å². The second-order valence-electron chi connectivity index (χ2n) is 10.4. The van der Waals surface area contributed by atoms with Crippen LogP contribution in [-0.4, -0.2) is 27.4 Å². The molecule has 2 aromatic heterocycles. The first-order valence-corrected chi connectivity index (χ1v) is 13.4. The van der Waals surface area contributed by atoms with Crippen molar-refractivity contribution in [2.45, 2.75) is 46.7 Å². The van der Waals surface area contributed by atoms with Gasteiger partial charge in [-0.15, -0.1) is 11.3 Å². The highest BCUT2D eigenvalue weighted by atomic mass is 32.1. The Morgan fingerprint density at radius 3 is 2.50 bits per heavy atom. The lowest BCUT2D eigenvalue weighted by atomic mass is 9.88. The summed E-state index contributed by atoms with van der Waals surface area (Å²) in [4.78, 5) is 29.3. The van der Waals surface area contributed by atoms with E-state index in [9.17, 15) is 18.4 Å². The molecule has 4 rings (SSSR count). The summed E-state index contributed by atoms with van der Waals surface area (Å²) in [5.74, 6) is -1.78. The number of aromatic nitrogens is 2. The number of carbonyl (C=O) groups is 2. The van der Waals surface area contributed by atoms with Crippen LogP contribution in [0.15, 0.2) is 61.2 Å². The Morgan fingerprint density at radius 2 is 1.85 bits per heavy atom. The third-order valence-electron chi connectivity index (χ3n) is 6.56. The maximum atomic E-state index is 15.2. The number of halogens is 3. The summed E-state index contributed by atoms with van der Waals surface area (Å²) in [5, 5.41) is 8.73. The molecule has 2 amide bonds. The van der Waals surface area contributed by atoms with Gasteiger partial charge in [0.15, 0.2) is 0 Å². The molecule has 40 heavy (non-hydrogen) atoms. The zero-order valence-corrected chi connectivity index (χ0v) is 23.3. The number of fused-ring (bicyclic) bond motifs is 1. The predicted octanol–water partition coefficient (Wildman–Crippen LogP) is 7.06. The minimum atomic E-state index is -2.70. The third kappa shape index (κ3) is 6.43. The van der Waals surface area contributed by atoms with Crippen LogP contribution in [0, 0.1) is 11.2 Å². The Labute approximate surface area is 234 Å². The van der Waals surface area contributed by atoms with Gasteiger partial charge < -0.3 is 10.6 Å². The molecular weight excluding hydrogens is 539 g/mol. The molecule has 0 aliphatic heterocycles. The minimum absolute atomic E-state index is 0.00809. The van der Waals surface area contributed by atoms with E-state index in [0.29, 0.717) is 34.6 Å². The number of hydrogen-bond acceptors (Lipinski definition) is 5. The molecule has 0 saturated heterocycles. The molecule has 4 aromatic rings. The number of amides is 2. The number of carbonyl (C=O) groups excluding carboxylic acids is 2. The van der Waals surface area contributed by atoms with Crippen molar-refractivity contribution in [3.63, 3.8) is 0 Å². The molecule has 2 aromatic carbocycles. The number of anilines is 2. The lowest BCUT2D eigenvalue weighted by molar-refractivity contribution is -0.111. The maximum Gasteiger partial charge on any atom is 0.272 e. The monoisotopic (exact) mass is 569 g/mol. The van der Waals surface area contributed by atoms with Gasteiger partial charge in [-0.3, -0.25) is 19.5 Å². The molecule has 0 bridgehead atoms. The van der Waals surface area contributed by atoms with Crippen LogP contribution in [0.1, 0.15) is 54.2 Å². The quantitative estimate of drug-likeness (QED) is 0.188. The van der Waals surface area contributed by atoms with Crippen molar-refractivity contribution in [2.75, 3.05) is 10.6 Å². The van der Waals surface area contributed by atoms with Crippen molar-refractivity contribution in [2.24, 2.45) is 5.41 Å². The number of alkyl halides is 2. The van der Waals surface area contributed by atoms with Crippen LogP contribution in [0.25, 0.3) is 16.7 Å². The highest BCUT2D eigenvalue weighted by Crippen LogP contribution is 2.31. The van der Waals surface area contributed by atoms with E-state index in [2.05, 4.69) is 55.2 Å². The molecule has 1 atom stereocenters. The highest BCUT2D eigenvalue weighted by Gasteiger charge is 2.22. The molecule has 11 heteroatoms. The number of benzene rings is 2. The van der Waals surface area contributed by atoms with Gasteiger partial charge in [-0.05, 0) is 66.4 Å². The fourth-order valence-corrected chi connectivity index (χ4v) is 4.61. The number of thiophene rings is 1. The van der Waals surface area contributed by atoms with Gasteiger partial charge in [0.05, 0.1) is 26.5 Å². The second kappa shape index (κ2) is 11.6. The molecule has 0 fully saturated rings. The van der Waals surface area contributed by atoms with E-state index in [1.807, 2.05) is 12.1 Å². The minimum Gasteiger partial charge on any atom is -0.322 e. The Bertz CT molecular complexity index is 1570. The highest BCUT2D eigenvalue weighted by molar-refractivity contribution is 7.14. The van der Waals surface area contributed by atoms with Crippen LogP contribution in [-0.2, 0) is 11.3 Å². The average molecular weight is 570 g/mol. The molecule has 3 N–H and O–H groups in total. The summed E-state index contributed by atoms with van der Waals surface area (Å²) in [7, 11) is 0. The summed E-state index contributed by atoms with van der Waals surface area (Å²) in [5.41, 5.74) is 2.28. The van der Waals surface area contributed by atoms with Gasteiger partial charge in [-0.1, -0.05) is 33.4 Å². The van der Waals surface area contributed by atoms with Crippen molar-refractivity contribution in [1.82, 2.24) is 14.9 Å². The molecule has 0 aliphatic rings. The normalized spacial score (nSPS) is 12.5. The largest absolute Gasteiger partial charge is 0.322 e. The van der Waals surface area contributed by atoms with Crippen molar-refractivity contribution < 1.29 is 22.8 Å². The summed E-state index contributed by atoms with van der Waals surface area (Å²) < 4.78 is 42.8. The Kier molecular flexibility index (Phi) is 8.45. The van der Waals surface area contributed by atoms with Crippen LogP contribution in [0.4, 0.5) is 24.8 Å². The first-order valence-electron chi connectivity index (χ1n) is 12.5. The zero-order valence-electron chi connectivity index (χ0n) is 22.5. The lowest BCUT2D eigenvalue weighted by Gasteiger charge is -2.28. The fourth-order valence-electron chi connectivity index (χ4n) is 3.85. The van der Waals surface area contributed by atoms with Gasteiger partial charge in [0, 0.05) is 18.3 Å². The number of hydrogen-bond donors (Lipinski definition) is 3. The van der Waals surface area contributed by atoms with E-state index >= 15 is 4.39 Å².